The van der Waals surface area contributed by atoms with Gasteiger partial charge in [0.1, 0.15) is 11.4 Å². The average molecular weight is 615 g/mol. The molecule has 2 aliphatic heterocycles. The molecule has 0 saturated heterocycles. The van der Waals surface area contributed by atoms with Gasteiger partial charge in [-0.05, 0) is 99.2 Å². The number of hydrogen-bond acceptors (Lipinski definition) is 7. The van der Waals surface area contributed by atoms with E-state index >= 15 is 0 Å². The van der Waals surface area contributed by atoms with Crippen LogP contribution in [0.5, 0.6) is 5.75 Å². The van der Waals surface area contributed by atoms with Gasteiger partial charge < -0.3 is 19.1 Å². The molecule has 42 heavy (non-hydrogen) atoms. The van der Waals surface area contributed by atoms with Crippen LogP contribution in [-0.2, 0) is 36.1 Å². The fourth-order valence-electron chi connectivity index (χ4n) is 7.01. The molecule has 2 aliphatic carbocycles. The van der Waals surface area contributed by atoms with Crippen molar-refractivity contribution in [3.63, 3.8) is 0 Å². The van der Waals surface area contributed by atoms with Crippen molar-refractivity contribution in [1.82, 2.24) is 4.72 Å². The highest BCUT2D eigenvalue weighted by molar-refractivity contribution is 7.90. The summed E-state index contributed by atoms with van der Waals surface area (Å²) >= 11 is 6.39. The minimum absolute atomic E-state index is 0.0118. The lowest BCUT2D eigenvalue weighted by Gasteiger charge is -2.46. The van der Waals surface area contributed by atoms with Crippen molar-refractivity contribution in [2.45, 2.75) is 68.0 Å². The molecule has 1 N–H and O–H groups in total. The van der Waals surface area contributed by atoms with Crippen molar-refractivity contribution < 1.29 is 27.4 Å². The largest absolute Gasteiger partial charge is 0.490 e. The van der Waals surface area contributed by atoms with E-state index in [0.717, 1.165) is 49.4 Å². The summed E-state index contributed by atoms with van der Waals surface area (Å²) in [5, 5.41) is 0.732. The molecule has 1 saturated carbocycles. The second kappa shape index (κ2) is 11.2. The maximum atomic E-state index is 13.5. The summed E-state index contributed by atoms with van der Waals surface area (Å²) < 4.78 is 47.4. The van der Waals surface area contributed by atoms with Crippen LogP contribution in [0, 0.1) is 11.8 Å². The first-order valence-electron chi connectivity index (χ1n) is 14.7. The number of sulfonamides is 1. The molecular weight excluding hydrogens is 576 g/mol. The van der Waals surface area contributed by atoms with Gasteiger partial charge >= 0.3 is 0 Å². The Hall–Kier alpha value is -2.59. The number of rotatable bonds is 1. The minimum atomic E-state index is -4.17. The molecule has 2 heterocycles. The van der Waals surface area contributed by atoms with E-state index in [-0.39, 0.29) is 23.0 Å². The molecule has 0 radical (unpaired) electrons. The van der Waals surface area contributed by atoms with E-state index in [4.69, 9.17) is 25.8 Å². The standard InChI is InChI=1S/C32H39ClN2O6S/c1-31(2)30(36)34-42(37,38)24-10-13-29-27(17-24)35(18-22-8-11-25(22)28(39-3)7-5-15-41-31)19-32(20-40-29)14-4-6-21-16-23(33)9-12-26(21)32/h5,7,9-10,12-13,16-17,22,25,28H,4,6,8,11,14-15,18-20H2,1-3H3,(H,34,36)/t22-,25+,28+,32-/m0/s1. The molecule has 2 aromatic carbocycles. The Labute approximate surface area is 253 Å². The van der Waals surface area contributed by atoms with Gasteiger partial charge in [0.15, 0.2) is 0 Å². The number of aryl methyl sites for hydroxylation is 1. The third-order valence-electron chi connectivity index (χ3n) is 9.58. The highest BCUT2D eigenvalue weighted by Gasteiger charge is 2.44. The number of anilines is 1. The number of carbonyl (C=O) groups excluding carboxylic acids is 1. The van der Waals surface area contributed by atoms with Gasteiger partial charge in [-0.1, -0.05) is 29.8 Å². The zero-order valence-electron chi connectivity index (χ0n) is 24.4. The van der Waals surface area contributed by atoms with Crippen molar-refractivity contribution in [3.8, 4) is 5.75 Å². The van der Waals surface area contributed by atoms with E-state index in [9.17, 15) is 13.2 Å². The summed E-state index contributed by atoms with van der Waals surface area (Å²) in [5.41, 5.74) is 1.59. The second-order valence-corrected chi connectivity index (χ2v) is 14.7. The topological polar surface area (TPSA) is 94.2 Å². The highest BCUT2D eigenvalue weighted by atomic mass is 35.5. The third kappa shape index (κ3) is 5.45. The maximum Gasteiger partial charge on any atom is 0.265 e. The Morgan fingerprint density at radius 3 is 2.74 bits per heavy atom. The van der Waals surface area contributed by atoms with Gasteiger partial charge in [0.2, 0.25) is 0 Å². The van der Waals surface area contributed by atoms with Crippen LogP contribution in [0.25, 0.3) is 0 Å². The van der Waals surface area contributed by atoms with E-state index in [1.807, 2.05) is 18.2 Å². The number of halogens is 1. The fraction of sp³-hybridized carbons (Fsp3) is 0.531. The Morgan fingerprint density at radius 1 is 1.14 bits per heavy atom. The van der Waals surface area contributed by atoms with Gasteiger partial charge in [0.05, 0.1) is 29.9 Å². The number of ether oxygens (including phenoxy) is 3. The van der Waals surface area contributed by atoms with Crippen molar-refractivity contribution in [1.29, 1.82) is 0 Å². The number of benzene rings is 2. The van der Waals surface area contributed by atoms with Crippen LogP contribution in [0.15, 0.2) is 53.4 Å². The van der Waals surface area contributed by atoms with Gasteiger partial charge in [0, 0.05) is 30.6 Å². The number of carbonyl (C=O) groups is 1. The predicted molar refractivity (Wildman–Crippen MR) is 162 cm³/mol. The molecule has 1 spiro atoms. The molecule has 4 aliphatic rings. The molecule has 2 aromatic rings. The molecule has 2 bridgehead atoms. The summed E-state index contributed by atoms with van der Waals surface area (Å²) in [6.45, 7) is 5.18. The number of hydrogen-bond donors (Lipinski definition) is 1. The third-order valence-corrected chi connectivity index (χ3v) is 11.1. The van der Waals surface area contributed by atoms with Crippen LogP contribution in [0.1, 0.15) is 50.7 Å². The van der Waals surface area contributed by atoms with Crippen LogP contribution in [-0.4, -0.2) is 59.4 Å². The normalized spacial score (nSPS) is 30.2. The first-order valence-corrected chi connectivity index (χ1v) is 16.6. The van der Waals surface area contributed by atoms with E-state index in [2.05, 4.69) is 21.8 Å². The Bertz CT molecular complexity index is 1510. The fourth-order valence-corrected chi connectivity index (χ4v) is 8.33. The highest BCUT2D eigenvalue weighted by Crippen LogP contribution is 2.47. The number of amides is 1. The zero-order valence-corrected chi connectivity index (χ0v) is 26.0. The second-order valence-electron chi connectivity index (χ2n) is 12.6. The lowest BCUT2D eigenvalue weighted by molar-refractivity contribution is -0.139. The first-order chi connectivity index (χ1) is 20.0. The molecule has 0 aromatic heterocycles. The van der Waals surface area contributed by atoms with Crippen molar-refractivity contribution >= 4 is 33.2 Å². The molecule has 1 amide bonds. The predicted octanol–water partition coefficient (Wildman–Crippen LogP) is 5.02. The van der Waals surface area contributed by atoms with Crippen LogP contribution in [0.4, 0.5) is 5.69 Å². The van der Waals surface area contributed by atoms with E-state index < -0.39 is 21.5 Å². The van der Waals surface area contributed by atoms with Gasteiger partial charge in [-0.15, -0.1) is 0 Å². The van der Waals surface area contributed by atoms with Crippen molar-refractivity contribution in [2.24, 2.45) is 11.8 Å². The number of nitrogens with zero attached hydrogens (tertiary/aromatic N) is 1. The molecule has 8 nitrogen and oxygen atoms in total. The minimum Gasteiger partial charge on any atom is -0.490 e. The lowest BCUT2D eigenvalue weighted by Crippen LogP contribution is -2.49. The van der Waals surface area contributed by atoms with Crippen LogP contribution in [0.2, 0.25) is 5.02 Å². The van der Waals surface area contributed by atoms with Crippen LogP contribution < -0.4 is 14.4 Å². The summed E-state index contributed by atoms with van der Waals surface area (Å²) in [7, 11) is -2.44. The molecule has 4 atom stereocenters. The number of methoxy groups -OCH3 is 1. The lowest BCUT2D eigenvalue weighted by atomic mass is 9.68. The molecular formula is C32H39ClN2O6S. The van der Waals surface area contributed by atoms with Crippen LogP contribution in [0.3, 0.4) is 0 Å². The summed E-state index contributed by atoms with van der Waals surface area (Å²) in [6.07, 6.45) is 8.83. The molecule has 1 fully saturated rings. The van der Waals surface area contributed by atoms with Gasteiger partial charge in [-0.25, -0.2) is 13.1 Å². The maximum absolute atomic E-state index is 13.5. The summed E-state index contributed by atoms with van der Waals surface area (Å²) in [4.78, 5) is 15.4. The Kier molecular flexibility index (Phi) is 7.83. The van der Waals surface area contributed by atoms with Gasteiger partial charge in [-0.2, -0.15) is 0 Å². The summed E-state index contributed by atoms with van der Waals surface area (Å²) in [6, 6.07) is 11.0. The molecule has 226 valence electrons. The summed E-state index contributed by atoms with van der Waals surface area (Å²) in [5.74, 6) is 0.566. The van der Waals surface area contributed by atoms with Gasteiger partial charge in [0.25, 0.3) is 15.9 Å². The SMILES string of the molecule is CO[C@@H]1C=CCOC(C)(C)C(=O)NS(=O)(=O)c2ccc3c(c2)N(C[C@@H]2CC[C@H]21)C[C@@]1(CCCc2cc(Cl)ccc21)CO3. The van der Waals surface area contributed by atoms with E-state index in [1.54, 1.807) is 33.1 Å². The Morgan fingerprint density at radius 2 is 1.98 bits per heavy atom. The number of fused-ring (bicyclic) bond motifs is 4. The van der Waals surface area contributed by atoms with E-state index in [0.29, 0.717) is 30.7 Å². The molecule has 10 heteroatoms. The molecule has 6 rings (SSSR count). The quantitative estimate of drug-likeness (QED) is 0.451. The average Bonchev–Trinajstić information content (AvgIpc) is 3.08. The monoisotopic (exact) mass is 614 g/mol. The van der Waals surface area contributed by atoms with Crippen molar-refractivity contribution in [3.05, 3.63) is 64.7 Å². The number of nitrogens with one attached hydrogen (secondary N) is 1. The van der Waals surface area contributed by atoms with Crippen LogP contribution >= 0.6 is 11.6 Å². The molecule has 0 unspecified atom stereocenters. The van der Waals surface area contributed by atoms with Crippen molar-refractivity contribution in [2.75, 3.05) is 38.3 Å². The first kappa shape index (κ1) is 29.5. The van der Waals surface area contributed by atoms with E-state index in [1.165, 1.54) is 17.2 Å². The van der Waals surface area contributed by atoms with Gasteiger partial charge in [-0.3, -0.25) is 4.79 Å². The zero-order chi connectivity index (χ0) is 29.7. The Balaban J connectivity index is 1.45. The smallest absolute Gasteiger partial charge is 0.265 e.